The van der Waals surface area contributed by atoms with E-state index in [-0.39, 0.29) is 12.5 Å². The number of methoxy groups -OCH3 is 2. The third kappa shape index (κ3) is 7.39. The van der Waals surface area contributed by atoms with Crippen LogP contribution in [0.4, 0.5) is 5.69 Å². The Hall–Kier alpha value is -2.44. The van der Waals surface area contributed by atoms with Crippen LogP contribution in [0.25, 0.3) is 0 Å². The molecule has 0 spiro atoms. The van der Waals surface area contributed by atoms with Crippen LogP contribution in [0.1, 0.15) is 26.7 Å². The fraction of sp³-hybridized carbons (Fsp3) is 0.500. The van der Waals surface area contributed by atoms with Gasteiger partial charge in [-0.15, -0.1) is 0 Å². The topological polar surface area (TPSA) is 95.2 Å². The first-order chi connectivity index (χ1) is 10.9. The summed E-state index contributed by atoms with van der Waals surface area (Å²) in [6.45, 7) is 3.98. The van der Waals surface area contributed by atoms with Gasteiger partial charge in [0.05, 0.1) is 14.2 Å². The minimum Gasteiger partial charge on any atom is -0.497 e. The molecule has 0 aliphatic rings. The van der Waals surface area contributed by atoms with Gasteiger partial charge in [-0.2, -0.15) is 0 Å². The lowest BCUT2D eigenvalue weighted by molar-refractivity contribution is -0.120. The van der Waals surface area contributed by atoms with Crippen molar-refractivity contribution in [2.24, 2.45) is 16.8 Å². The molecule has 0 aliphatic heterocycles. The smallest absolute Gasteiger partial charge is 0.265 e. The number of hydrogen-bond donors (Lipinski definition) is 2. The van der Waals surface area contributed by atoms with Crippen molar-refractivity contribution < 1.29 is 19.1 Å². The van der Waals surface area contributed by atoms with E-state index >= 15 is 0 Å². The summed E-state index contributed by atoms with van der Waals surface area (Å²) in [6, 6.07) is 5.08. The van der Waals surface area contributed by atoms with Gasteiger partial charge in [0, 0.05) is 30.3 Å². The third-order valence-corrected chi connectivity index (χ3v) is 2.99. The number of nitrogens with zero attached hydrogens (tertiary/aromatic N) is 1. The maximum atomic E-state index is 11.8. The number of ether oxygens (including phenoxy) is 2. The predicted octanol–water partition coefficient (Wildman–Crippen LogP) is 2.37. The highest BCUT2D eigenvalue weighted by Gasteiger charge is 2.07. The van der Waals surface area contributed by atoms with E-state index in [2.05, 4.69) is 24.3 Å². The number of anilines is 1. The summed E-state index contributed by atoms with van der Waals surface area (Å²) in [5.74, 6) is 1.73. The Morgan fingerprint density at radius 3 is 2.35 bits per heavy atom. The first kappa shape index (κ1) is 18.6. The van der Waals surface area contributed by atoms with Crippen LogP contribution in [0.2, 0.25) is 0 Å². The lowest BCUT2D eigenvalue weighted by Gasteiger charge is -2.09. The summed E-state index contributed by atoms with van der Waals surface area (Å²) in [7, 11) is 3.08. The van der Waals surface area contributed by atoms with E-state index in [9.17, 15) is 4.79 Å². The van der Waals surface area contributed by atoms with Crippen LogP contribution in [0, 0.1) is 5.92 Å². The van der Waals surface area contributed by atoms with E-state index < -0.39 is 0 Å². The maximum absolute atomic E-state index is 11.8. The van der Waals surface area contributed by atoms with Crippen molar-refractivity contribution in [2.45, 2.75) is 26.7 Å². The summed E-state index contributed by atoms with van der Waals surface area (Å²) >= 11 is 0. The molecule has 0 aromatic heterocycles. The van der Waals surface area contributed by atoms with E-state index in [1.165, 1.54) is 14.2 Å². The molecule has 1 rings (SSSR count). The first-order valence-electron chi connectivity index (χ1n) is 7.41. The molecule has 1 aromatic rings. The molecule has 0 unspecified atom stereocenters. The highest BCUT2D eigenvalue weighted by atomic mass is 16.6. The molecule has 0 fully saturated rings. The fourth-order valence-electron chi connectivity index (χ4n) is 1.73. The molecule has 0 bridgehead atoms. The molecule has 0 aliphatic carbocycles. The summed E-state index contributed by atoms with van der Waals surface area (Å²) in [5, 5.41) is 6.41. The number of benzene rings is 1. The minimum absolute atomic E-state index is 0.220. The Labute approximate surface area is 136 Å². The molecule has 0 saturated heterocycles. The number of rotatable bonds is 9. The van der Waals surface area contributed by atoms with Gasteiger partial charge in [-0.1, -0.05) is 19.0 Å². The summed E-state index contributed by atoms with van der Waals surface area (Å²) < 4.78 is 10.3. The van der Waals surface area contributed by atoms with Crippen LogP contribution < -0.4 is 20.5 Å². The Bertz CT molecular complexity index is 522. The summed E-state index contributed by atoms with van der Waals surface area (Å²) in [5.41, 5.74) is 6.24. The minimum atomic E-state index is -0.347. The van der Waals surface area contributed by atoms with Crippen LogP contribution in [0.15, 0.2) is 23.4 Å². The molecular formula is C16H25N3O4. The number of oxime groups is 1. The van der Waals surface area contributed by atoms with Crippen LogP contribution in [0.5, 0.6) is 11.5 Å². The molecule has 0 atom stereocenters. The predicted molar refractivity (Wildman–Crippen MR) is 89.8 cm³/mol. The van der Waals surface area contributed by atoms with Gasteiger partial charge in [-0.05, 0) is 12.3 Å². The molecule has 0 radical (unpaired) electrons. The number of nitrogens with one attached hydrogen (secondary N) is 1. The Morgan fingerprint density at radius 2 is 1.83 bits per heavy atom. The number of amides is 1. The van der Waals surface area contributed by atoms with E-state index in [0.717, 1.165) is 6.42 Å². The van der Waals surface area contributed by atoms with Crippen LogP contribution in [-0.2, 0) is 9.63 Å². The van der Waals surface area contributed by atoms with Crippen LogP contribution in [-0.4, -0.2) is 32.6 Å². The maximum Gasteiger partial charge on any atom is 0.265 e. The lowest BCUT2D eigenvalue weighted by Crippen LogP contribution is -2.19. The van der Waals surface area contributed by atoms with Crippen molar-refractivity contribution in [1.29, 1.82) is 0 Å². The zero-order chi connectivity index (χ0) is 17.2. The second kappa shape index (κ2) is 9.55. The molecular weight excluding hydrogens is 298 g/mol. The monoisotopic (exact) mass is 323 g/mol. The van der Waals surface area contributed by atoms with Gasteiger partial charge < -0.3 is 25.4 Å². The molecule has 3 N–H and O–H groups in total. The zero-order valence-electron chi connectivity index (χ0n) is 14.1. The van der Waals surface area contributed by atoms with Crippen molar-refractivity contribution in [3.63, 3.8) is 0 Å². The molecule has 1 amide bonds. The Morgan fingerprint density at radius 1 is 1.22 bits per heavy atom. The van der Waals surface area contributed by atoms with E-state index in [4.69, 9.17) is 20.0 Å². The zero-order valence-corrected chi connectivity index (χ0v) is 14.1. The van der Waals surface area contributed by atoms with Gasteiger partial charge in [-0.3, -0.25) is 4.79 Å². The van der Waals surface area contributed by atoms with Gasteiger partial charge in [0.25, 0.3) is 5.91 Å². The summed E-state index contributed by atoms with van der Waals surface area (Å²) in [6.07, 6.45) is 1.57. The molecule has 128 valence electrons. The molecule has 1 aromatic carbocycles. The van der Waals surface area contributed by atoms with Crippen molar-refractivity contribution in [3.05, 3.63) is 18.2 Å². The largest absolute Gasteiger partial charge is 0.497 e. The molecule has 0 saturated carbocycles. The standard InChI is InChI=1S/C16H25N3O4/c1-11(2)5-6-15(17)19-23-10-16(20)18-12-7-13(21-3)9-14(8-12)22-4/h7-9,11H,5-6,10H2,1-4H3,(H2,17,19)(H,18,20). The Balaban J connectivity index is 2.49. The number of amidine groups is 1. The van der Waals surface area contributed by atoms with Gasteiger partial charge >= 0.3 is 0 Å². The summed E-state index contributed by atoms with van der Waals surface area (Å²) in [4.78, 5) is 16.8. The SMILES string of the molecule is COc1cc(NC(=O)CO/N=C(\N)CCC(C)C)cc(OC)c1. The van der Waals surface area contributed by atoms with E-state index in [1.54, 1.807) is 18.2 Å². The third-order valence-electron chi connectivity index (χ3n) is 2.99. The van der Waals surface area contributed by atoms with E-state index in [1.807, 2.05) is 0 Å². The van der Waals surface area contributed by atoms with Gasteiger partial charge in [0.15, 0.2) is 6.61 Å². The molecule has 23 heavy (non-hydrogen) atoms. The number of carbonyl (C=O) groups excluding carboxylic acids is 1. The van der Waals surface area contributed by atoms with Crippen molar-refractivity contribution in [2.75, 3.05) is 26.1 Å². The fourth-order valence-corrected chi connectivity index (χ4v) is 1.73. The normalized spacial score (nSPS) is 11.3. The lowest BCUT2D eigenvalue weighted by atomic mass is 10.1. The van der Waals surface area contributed by atoms with Crippen molar-refractivity contribution in [3.8, 4) is 11.5 Å². The molecule has 0 heterocycles. The second-order valence-electron chi connectivity index (χ2n) is 5.44. The molecule has 7 nitrogen and oxygen atoms in total. The van der Waals surface area contributed by atoms with E-state index in [0.29, 0.717) is 35.4 Å². The van der Waals surface area contributed by atoms with Crippen molar-refractivity contribution in [1.82, 2.24) is 0 Å². The van der Waals surface area contributed by atoms with Gasteiger partial charge in [0.1, 0.15) is 17.3 Å². The average molecular weight is 323 g/mol. The number of nitrogens with two attached hydrogens (primary N) is 1. The molecule has 7 heteroatoms. The first-order valence-corrected chi connectivity index (χ1v) is 7.41. The van der Waals surface area contributed by atoms with Crippen molar-refractivity contribution >= 4 is 17.4 Å². The highest BCUT2D eigenvalue weighted by molar-refractivity contribution is 5.92. The number of hydrogen-bond acceptors (Lipinski definition) is 5. The van der Waals surface area contributed by atoms with Gasteiger partial charge in [0.2, 0.25) is 0 Å². The second-order valence-corrected chi connectivity index (χ2v) is 5.44. The number of carbonyl (C=O) groups is 1. The average Bonchev–Trinajstić information content (AvgIpc) is 2.52. The highest BCUT2D eigenvalue weighted by Crippen LogP contribution is 2.25. The van der Waals surface area contributed by atoms with Crippen LogP contribution >= 0.6 is 0 Å². The van der Waals surface area contributed by atoms with Crippen LogP contribution in [0.3, 0.4) is 0 Å². The van der Waals surface area contributed by atoms with Gasteiger partial charge in [-0.25, -0.2) is 0 Å². The quantitative estimate of drug-likeness (QED) is 0.413. The Kier molecular flexibility index (Phi) is 7.73.